The summed E-state index contributed by atoms with van der Waals surface area (Å²) in [6.45, 7) is 1.45. The van der Waals surface area contributed by atoms with E-state index in [0.717, 1.165) is 36.5 Å². The lowest BCUT2D eigenvalue weighted by molar-refractivity contribution is -0.385. The Morgan fingerprint density at radius 2 is 1.88 bits per heavy atom. The van der Waals surface area contributed by atoms with Gasteiger partial charge in [-0.05, 0) is 30.7 Å². The number of benzene rings is 2. The molecule has 0 aliphatic rings. The Labute approximate surface area is 146 Å². The predicted octanol–water partition coefficient (Wildman–Crippen LogP) is 3.23. The molecular weight excluding hydrogens is 375 g/mol. The number of nitro groups is 1. The van der Waals surface area contributed by atoms with E-state index in [-0.39, 0.29) is 16.8 Å². The number of nitrogens with zero attached hydrogens (tertiary/aromatic N) is 2. The van der Waals surface area contributed by atoms with Gasteiger partial charge in [0, 0.05) is 11.6 Å². The van der Waals surface area contributed by atoms with Crippen molar-refractivity contribution in [2.75, 3.05) is 0 Å². The van der Waals surface area contributed by atoms with E-state index in [1.165, 1.54) is 19.1 Å². The van der Waals surface area contributed by atoms with Gasteiger partial charge in [0.15, 0.2) is 0 Å². The molecule has 0 saturated heterocycles. The molecule has 1 N–H and O–H groups in total. The molecule has 0 fully saturated rings. The Morgan fingerprint density at radius 1 is 1.19 bits per heavy atom. The zero-order valence-corrected chi connectivity index (χ0v) is 14.0. The van der Waals surface area contributed by atoms with Gasteiger partial charge in [0.1, 0.15) is 0 Å². The molecule has 0 radical (unpaired) electrons. The first-order chi connectivity index (χ1) is 12.0. The van der Waals surface area contributed by atoms with Crippen LogP contribution in [0.25, 0.3) is 0 Å². The molecule has 2 rings (SSSR count). The lowest BCUT2D eigenvalue weighted by Crippen LogP contribution is -2.18. The standard InChI is InChI=1S/C15H12F3N3O4S/c1-10-5-6-13(8-14(10)21(22)23)26(24,25)20-19-9-11-3-2-4-12(7-11)15(16,17)18/h2-9,20H,1H3/b19-9+. The molecule has 2 aromatic carbocycles. The van der Waals surface area contributed by atoms with Crippen LogP contribution >= 0.6 is 0 Å². The number of nitrogens with one attached hydrogen (secondary N) is 1. The predicted molar refractivity (Wildman–Crippen MR) is 87.2 cm³/mol. The maximum Gasteiger partial charge on any atom is 0.416 e. The van der Waals surface area contributed by atoms with Gasteiger partial charge in [-0.2, -0.15) is 26.7 Å². The van der Waals surface area contributed by atoms with Crippen molar-refractivity contribution in [2.24, 2.45) is 5.10 Å². The van der Waals surface area contributed by atoms with Gasteiger partial charge in [-0.1, -0.05) is 18.2 Å². The third-order valence-electron chi connectivity index (χ3n) is 3.29. The van der Waals surface area contributed by atoms with Gasteiger partial charge >= 0.3 is 6.18 Å². The van der Waals surface area contributed by atoms with Crippen LogP contribution in [0.3, 0.4) is 0 Å². The van der Waals surface area contributed by atoms with E-state index in [1.807, 2.05) is 0 Å². The smallest absolute Gasteiger partial charge is 0.258 e. The summed E-state index contributed by atoms with van der Waals surface area (Å²) in [5, 5.41) is 14.3. The van der Waals surface area contributed by atoms with E-state index in [1.54, 1.807) is 4.83 Å². The number of nitro benzene ring substituents is 1. The minimum atomic E-state index is -4.54. The first-order valence-electron chi connectivity index (χ1n) is 6.98. The second-order valence-electron chi connectivity index (χ2n) is 5.18. The first-order valence-corrected chi connectivity index (χ1v) is 8.46. The van der Waals surface area contributed by atoms with Crippen LogP contribution < -0.4 is 4.83 Å². The summed E-state index contributed by atoms with van der Waals surface area (Å²) in [4.78, 5) is 11.6. The second kappa shape index (κ2) is 7.12. The van der Waals surface area contributed by atoms with E-state index >= 15 is 0 Å². The van der Waals surface area contributed by atoms with Gasteiger partial charge in [0.25, 0.3) is 15.7 Å². The highest BCUT2D eigenvalue weighted by molar-refractivity contribution is 7.89. The molecule has 138 valence electrons. The SMILES string of the molecule is Cc1ccc(S(=O)(=O)N/N=C/c2cccc(C(F)(F)F)c2)cc1[N+](=O)[O-]. The summed E-state index contributed by atoms with van der Waals surface area (Å²) in [6, 6.07) is 7.43. The minimum absolute atomic E-state index is 0.0254. The maximum absolute atomic E-state index is 12.6. The lowest BCUT2D eigenvalue weighted by Gasteiger charge is -2.07. The molecule has 0 amide bonds. The van der Waals surface area contributed by atoms with Gasteiger partial charge in [-0.15, -0.1) is 0 Å². The normalized spacial score (nSPS) is 12.3. The van der Waals surface area contributed by atoms with Crippen LogP contribution in [0.5, 0.6) is 0 Å². The molecule has 0 saturated carbocycles. The van der Waals surface area contributed by atoms with Crippen molar-refractivity contribution in [2.45, 2.75) is 18.0 Å². The molecule has 0 unspecified atom stereocenters. The zero-order valence-electron chi connectivity index (χ0n) is 13.2. The molecule has 0 spiro atoms. The Bertz CT molecular complexity index is 972. The molecule has 2 aromatic rings. The highest BCUT2D eigenvalue weighted by atomic mass is 32.2. The number of aryl methyl sites for hydroxylation is 1. The fraction of sp³-hybridized carbons (Fsp3) is 0.133. The molecule has 0 aliphatic carbocycles. The van der Waals surface area contributed by atoms with Crippen molar-refractivity contribution in [3.8, 4) is 0 Å². The van der Waals surface area contributed by atoms with E-state index in [0.29, 0.717) is 0 Å². The Balaban J connectivity index is 2.22. The topological polar surface area (TPSA) is 102 Å². The van der Waals surface area contributed by atoms with Crippen molar-refractivity contribution in [3.63, 3.8) is 0 Å². The molecular formula is C15H12F3N3O4S. The van der Waals surface area contributed by atoms with Crippen molar-refractivity contribution < 1.29 is 26.5 Å². The van der Waals surface area contributed by atoms with Gasteiger partial charge in [0.2, 0.25) is 0 Å². The van der Waals surface area contributed by atoms with Crippen LogP contribution in [-0.2, 0) is 16.2 Å². The first kappa shape index (κ1) is 19.4. The summed E-state index contributed by atoms with van der Waals surface area (Å²) < 4.78 is 62.1. The van der Waals surface area contributed by atoms with Crippen molar-refractivity contribution >= 4 is 21.9 Å². The highest BCUT2D eigenvalue weighted by Gasteiger charge is 2.30. The van der Waals surface area contributed by atoms with E-state index in [9.17, 15) is 31.7 Å². The number of hydrogen-bond donors (Lipinski definition) is 1. The number of rotatable bonds is 5. The number of sulfonamides is 1. The Morgan fingerprint density at radius 3 is 2.50 bits per heavy atom. The molecule has 0 heterocycles. The monoisotopic (exact) mass is 387 g/mol. The third-order valence-corrected chi connectivity index (χ3v) is 4.51. The van der Waals surface area contributed by atoms with Gasteiger partial charge in [-0.3, -0.25) is 10.1 Å². The van der Waals surface area contributed by atoms with Gasteiger partial charge in [0.05, 0.1) is 21.6 Å². The van der Waals surface area contributed by atoms with Crippen molar-refractivity contribution in [1.29, 1.82) is 0 Å². The highest BCUT2D eigenvalue weighted by Crippen LogP contribution is 2.29. The third kappa shape index (κ3) is 4.57. The summed E-state index contributed by atoms with van der Waals surface area (Å²) in [6.07, 6.45) is -3.64. The molecule has 0 aliphatic heterocycles. The number of alkyl halides is 3. The summed E-state index contributed by atoms with van der Waals surface area (Å²) in [5.74, 6) is 0. The van der Waals surface area contributed by atoms with E-state index in [4.69, 9.17) is 0 Å². The molecule has 0 bridgehead atoms. The molecule has 0 atom stereocenters. The summed E-state index contributed by atoms with van der Waals surface area (Å²) in [7, 11) is -4.22. The van der Waals surface area contributed by atoms with Crippen LogP contribution in [0.15, 0.2) is 52.5 Å². The van der Waals surface area contributed by atoms with Crippen LogP contribution in [0.2, 0.25) is 0 Å². The molecule has 7 nitrogen and oxygen atoms in total. The van der Waals surface area contributed by atoms with Crippen LogP contribution in [0.1, 0.15) is 16.7 Å². The average Bonchev–Trinajstić information content (AvgIpc) is 2.54. The number of halogens is 3. The van der Waals surface area contributed by atoms with Crippen molar-refractivity contribution in [1.82, 2.24) is 4.83 Å². The van der Waals surface area contributed by atoms with Crippen molar-refractivity contribution in [3.05, 3.63) is 69.3 Å². The van der Waals surface area contributed by atoms with Gasteiger partial charge in [-0.25, -0.2) is 4.83 Å². The quantitative estimate of drug-likeness (QED) is 0.483. The average molecular weight is 387 g/mol. The van der Waals surface area contributed by atoms with Crippen LogP contribution in [0, 0.1) is 17.0 Å². The minimum Gasteiger partial charge on any atom is -0.258 e. The number of hydrazone groups is 1. The molecule has 11 heteroatoms. The van der Waals surface area contributed by atoms with E-state index in [2.05, 4.69) is 5.10 Å². The van der Waals surface area contributed by atoms with E-state index < -0.39 is 31.6 Å². The maximum atomic E-state index is 12.6. The Kier molecular flexibility index (Phi) is 5.30. The fourth-order valence-corrected chi connectivity index (χ4v) is 2.78. The molecule has 0 aromatic heterocycles. The largest absolute Gasteiger partial charge is 0.416 e. The second-order valence-corrected chi connectivity index (χ2v) is 6.84. The zero-order chi connectivity index (χ0) is 19.5. The number of hydrogen-bond acceptors (Lipinski definition) is 5. The van der Waals surface area contributed by atoms with Crippen LogP contribution in [-0.4, -0.2) is 19.6 Å². The Hall–Kier alpha value is -2.95. The fourth-order valence-electron chi connectivity index (χ4n) is 1.97. The van der Waals surface area contributed by atoms with Crippen LogP contribution in [0.4, 0.5) is 18.9 Å². The van der Waals surface area contributed by atoms with Gasteiger partial charge < -0.3 is 0 Å². The lowest BCUT2D eigenvalue weighted by atomic mass is 10.1. The molecule has 26 heavy (non-hydrogen) atoms. The summed E-state index contributed by atoms with van der Waals surface area (Å²) >= 11 is 0. The summed E-state index contributed by atoms with van der Waals surface area (Å²) in [5.41, 5.74) is -0.980.